The smallest absolute Gasteiger partial charge is 0.393 e. The van der Waals surface area contributed by atoms with Gasteiger partial charge in [0, 0.05) is 19.2 Å². The molecule has 1 aromatic carbocycles. The third-order valence-electron chi connectivity index (χ3n) is 3.90. The van der Waals surface area contributed by atoms with Crippen LogP contribution in [0.1, 0.15) is 24.0 Å². The van der Waals surface area contributed by atoms with Gasteiger partial charge in [0.15, 0.2) is 0 Å². The Balaban J connectivity index is 1.79. The first-order valence-corrected chi connectivity index (χ1v) is 7.85. The summed E-state index contributed by atoms with van der Waals surface area (Å²) in [5, 5.41) is 11.8. The first-order chi connectivity index (χ1) is 11.8. The zero-order valence-electron chi connectivity index (χ0n) is 13.4. The summed E-state index contributed by atoms with van der Waals surface area (Å²) in [6.07, 6.45) is -1.20. The monoisotopic (exact) mass is 356 g/mol. The number of hydrogen-bond acceptors (Lipinski definition) is 3. The molecule has 2 N–H and O–H groups in total. The Bertz CT molecular complexity index is 634. The maximum atomic E-state index is 12.5. The van der Waals surface area contributed by atoms with Crippen molar-refractivity contribution < 1.29 is 27.9 Å². The molecule has 25 heavy (non-hydrogen) atoms. The number of carbonyl (C=O) groups excluding carboxylic acids is 2. The summed E-state index contributed by atoms with van der Waals surface area (Å²) in [7, 11) is 0. The third-order valence-corrected chi connectivity index (χ3v) is 3.90. The lowest BCUT2D eigenvalue weighted by Gasteiger charge is -2.29. The Labute approximate surface area is 143 Å². The SMILES string of the molecule is O=C(/C=C/c1ccc(C(F)(F)F)cc1)NCC(=O)N1CCC(O)CC1. The van der Waals surface area contributed by atoms with E-state index in [1.54, 1.807) is 4.90 Å². The van der Waals surface area contributed by atoms with Crippen LogP contribution < -0.4 is 5.32 Å². The number of halogens is 3. The number of nitrogens with zero attached hydrogens (tertiary/aromatic N) is 1. The van der Waals surface area contributed by atoms with Crippen LogP contribution in [-0.2, 0) is 15.8 Å². The molecule has 1 saturated heterocycles. The summed E-state index contributed by atoms with van der Waals surface area (Å²) in [4.78, 5) is 25.2. The van der Waals surface area contributed by atoms with Crippen LogP contribution in [-0.4, -0.2) is 47.6 Å². The Morgan fingerprint density at radius 1 is 1.20 bits per heavy atom. The van der Waals surface area contributed by atoms with Gasteiger partial charge >= 0.3 is 6.18 Å². The van der Waals surface area contributed by atoms with E-state index in [2.05, 4.69) is 5.32 Å². The molecule has 0 aromatic heterocycles. The lowest BCUT2D eigenvalue weighted by atomic mass is 10.1. The molecule has 1 fully saturated rings. The Kier molecular flexibility index (Phi) is 6.19. The predicted octanol–water partition coefficient (Wildman–Crippen LogP) is 1.82. The van der Waals surface area contributed by atoms with E-state index in [1.807, 2.05) is 0 Å². The number of benzene rings is 1. The summed E-state index contributed by atoms with van der Waals surface area (Å²) in [5.74, 6) is -0.742. The number of hydrogen-bond donors (Lipinski definition) is 2. The molecular weight excluding hydrogens is 337 g/mol. The second-order valence-corrected chi connectivity index (χ2v) is 5.78. The van der Waals surface area contributed by atoms with E-state index in [9.17, 15) is 27.9 Å². The predicted molar refractivity (Wildman–Crippen MR) is 85.3 cm³/mol. The molecule has 2 rings (SSSR count). The summed E-state index contributed by atoms with van der Waals surface area (Å²) in [5.41, 5.74) is -0.314. The van der Waals surface area contributed by atoms with E-state index in [4.69, 9.17) is 0 Å². The maximum Gasteiger partial charge on any atom is 0.416 e. The largest absolute Gasteiger partial charge is 0.416 e. The van der Waals surface area contributed by atoms with Crippen LogP contribution in [0, 0.1) is 0 Å². The first-order valence-electron chi connectivity index (χ1n) is 7.85. The standard InChI is InChI=1S/C17H19F3N2O3/c18-17(19,20)13-4-1-12(2-5-13)3-6-15(24)21-11-16(25)22-9-7-14(23)8-10-22/h1-6,14,23H,7-11H2,(H,21,24)/b6-3+. The third kappa shape index (κ3) is 5.90. The van der Waals surface area contributed by atoms with Crippen molar-refractivity contribution in [1.29, 1.82) is 0 Å². The molecular formula is C17H19F3N2O3. The molecule has 1 aliphatic rings. The molecule has 0 atom stereocenters. The molecule has 0 radical (unpaired) electrons. The normalized spacial score (nSPS) is 16.2. The van der Waals surface area contributed by atoms with Crippen LogP contribution in [0.4, 0.5) is 13.2 Å². The molecule has 5 nitrogen and oxygen atoms in total. The number of alkyl halides is 3. The number of likely N-dealkylation sites (tertiary alicyclic amines) is 1. The zero-order valence-corrected chi connectivity index (χ0v) is 13.4. The second-order valence-electron chi connectivity index (χ2n) is 5.78. The minimum atomic E-state index is -4.40. The number of aliphatic hydroxyl groups is 1. The van der Waals surface area contributed by atoms with Gasteiger partial charge in [0.25, 0.3) is 0 Å². The molecule has 0 saturated carbocycles. The molecule has 0 unspecified atom stereocenters. The molecule has 0 spiro atoms. The fourth-order valence-electron chi connectivity index (χ4n) is 2.40. The first kappa shape index (κ1) is 19.0. The van der Waals surface area contributed by atoms with Crippen LogP contribution >= 0.6 is 0 Å². The van der Waals surface area contributed by atoms with Gasteiger partial charge in [-0.2, -0.15) is 13.2 Å². The van der Waals surface area contributed by atoms with Gasteiger partial charge in [0.2, 0.25) is 11.8 Å². The van der Waals surface area contributed by atoms with Crippen molar-refractivity contribution in [3.05, 3.63) is 41.5 Å². The Hall–Kier alpha value is -2.35. The lowest BCUT2D eigenvalue weighted by molar-refractivity contribution is -0.137. The van der Waals surface area contributed by atoms with Gasteiger partial charge in [-0.05, 0) is 36.6 Å². The molecule has 136 valence electrons. The quantitative estimate of drug-likeness (QED) is 0.809. The topological polar surface area (TPSA) is 69.6 Å². The highest BCUT2D eigenvalue weighted by Crippen LogP contribution is 2.29. The lowest BCUT2D eigenvalue weighted by Crippen LogP contribution is -2.44. The zero-order chi connectivity index (χ0) is 18.4. The fourth-order valence-corrected chi connectivity index (χ4v) is 2.40. The summed E-state index contributed by atoms with van der Waals surface area (Å²) in [6, 6.07) is 4.39. The van der Waals surface area contributed by atoms with E-state index in [0.29, 0.717) is 31.5 Å². The summed E-state index contributed by atoms with van der Waals surface area (Å²) < 4.78 is 37.4. The van der Waals surface area contributed by atoms with E-state index >= 15 is 0 Å². The number of piperidine rings is 1. The molecule has 1 heterocycles. The van der Waals surface area contributed by atoms with Crippen molar-refractivity contribution in [3.63, 3.8) is 0 Å². The molecule has 0 aliphatic carbocycles. The highest BCUT2D eigenvalue weighted by molar-refractivity contribution is 5.94. The minimum Gasteiger partial charge on any atom is -0.393 e. The van der Waals surface area contributed by atoms with E-state index < -0.39 is 17.6 Å². The average molecular weight is 356 g/mol. The second kappa shape index (κ2) is 8.15. The molecule has 2 amide bonds. The van der Waals surface area contributed by atoms with Crippen LogP contribution in [0.2, 0.25) is 0 Å². The highest BCUT2D eigenvalue weighted by atomic mass is 19.4. The average Bonchev–Trinajstić information content (AvgIpc) is 2.58. The van der Waals surface area contributed by atoms with Gasteiger partial charge in [-0.15, -0.1) is 0 Å². The van der Waals surface area contributed by atoms with Crippen molar-refractivity contribution in [2.45, 2.75) is 25.1 Å². The van der Waals surface area contributed by atoms with Crippen molar-refractivity contribution in [1.82, 2.24) is 10.2 Å². The van der Waals surface area contributed by atoms with Crippen molar-refractivity contribution in [2.75, 3.05) is 19.6 Å². The molecule has 1 aliphatic heterocycles. The molecule has 1 aromatic rings. The Morgan fingerprint density at radius 2 is 1.80 bits per heavy atom. The van der Waals surface area contributed by atoms with Gasteiger partial charge in [0.1, 0.15) is 0 Å². The number of amides is 2. The van der Waals surface area contributed by atoms with Gasteiger partial charge in [-0.1, -0.05) is 12.1 Å². The van der Waals surface area contributed by atoms with Crippen LogP contribution in [0.3, 0.4) is 0 Å². The molecule has 8 heteroatoms. The highest BCUT2D eigenvalue weighted by Gasteiger charge is 2.29. The van der Waals surface area contributed by atoms with Crippen LogP contribution in [0.5, 0.6) is 0 Å². The number of carbonyl (C=O) groups is 2. The fraction of sp³-hybridized carbons (Fsp3) is 0.412. The van der Waals surface area contributed by atoms with Crippen LogP contribution in [0.25, 0.3) is 6.08 Å². The van der Waals surface area contributed by atoms with Gasteiger partial charge in [-0.25, -0.2) is 0 Å². The van der Waals surface area contributed by atoms with Gasteiger partial charge < -0.3 is 15.3 Å². The summed E-state index contributed by atoms with van der Waals surface area (Å²) in [6.45, 7) is 0.751. The minimum absolute atomic E-state index is 0.160. The van der Waals surface area contributed by atoms with E-state index in [1.165, 1.54) is 18.2 Å². The van der Waals surface area contributed by atoms with Crippen molar-refractivity contribution in [3.8, 4) is 0 Å². The number of aliphatic hydroxyl groups excluding tert-OH is 1. The maximum absolute atomic E-state index is 12.5. The van der Waals surface area contributed by atoms with E-state index in [-0.39, 0.29) is 18.6 Å². The van der Waals surface area contributed by atoms with E-state index in [0.717, 1.165) is 18.2 Å². The van der Waals surface area contributed by atoms with Crippen molar-refractivity contribution >= 4 is 17.9 Å². The van der Waals surface area contributed by atoms with Crippen molar-refractivity contribution in [2.24, 2.45) is 0 Å². The number of rotatable bonds is 4. The van der Waals surface area contributed by atoms with Gasteiger partial charge in [0.05, 0.1) is 18.2 Å². The summed E-state index contributed by atoms with van der Waals surface area (Å²) >= 11 is 0. The number of nitrogens with one attached hydrogen (secondary N) is 1. The van der Waals surface area contributed by atoms with Crippen LogP contribution in [0.15, 0.2) is 30.3 Å². The van der Waals surface area contributed by atoms with Gasteiger partial charge in [-0.3, -0.25) is 9.59 Å². The Morgan fingerprint density at radius 3 is 2.36 bits per heavy atom. The molecule has 0 bridgehead atoms.